The molecule has 2 unspecified atom stereocenters. The number of para-hydroxylation sites is 2. The lowest BCUT2D eigenvalue weighted by Gasteiger charge is -2.28. The van der Waals surface area contributed by atoms with Crippen LogP contribution in [0.15, 0.2) is 83.3 Å². The number of urea groups is 1. The van der Waals surface area contributed by atoms with Crippen molar-refractivity contribution in [2.75, 3.05) is 39.4 Å². The Hall–Kier alpha value is -4.26. The zero-order valence-electron chi connectivity index (χ0n) is 24.4. The van der Waals surface area contributed by atoms with E-state index in [0.717, 1.165) is 0 Å². The van der Waals surface area contributed by atoms with Crippen molar-refractivity contribution in [1.29, 1.82) is 0 Å². The number of hydrogen-bond donors (Lipinski definition) is 2. The maximum absolute atomic E-state index is 13.6. The lowest BCUT2D eigenvalue weighted by molar-refractivity contribution is -0.120. The molecule has 11 nitrogen and oxygen atoms in total. The highest BCUT2D eigenvalue weighted by Gasteiger charge is 2.35. The predicted molar refractivity (Wildman–Crippen MR) is 169 cm³/mol. The summed E-state index contributed by atoms with van der Waals surface area (Å²) in [5, 5.41) is 3.93. The smallest absolute Gasteiger partial charge is 0.317 e. The van der Waals surface area contributed by atoms with Gasteiger partial charge in [-0.15, -0.1) is 0 Å². The van der Waals surface area contributed by atoms with E-state index in [1.807, 2.05) is 6.07 Å². The van der Waals surface area contributed by atoms with Gasteiger partial charge in [0.25, 0.3) is 5.89 Å². The van der Waals surface area contributed by atoms with E-state index in [2.05, 4.69) is 15.6 Å². The van der Waals surface area contributed by atoms with E-state index in [0.29, 0.717) is 48.5 Å². The third-order valence-electron chi connectivity index (χ3n) is 7.53. The van der Waals surface area contributed by atoms with Crippen molar-refractivity contribution in [3.05, 3.63) is 101 Å². The van der Waals surface area contributed by atoms with Crippen LogP contribution < -0.4 is 10.6 Å². The first-order chi connectivity index (χ1) is 21.7. The molecule has 1 aliphatic rings. The molecule has 0 radical (unpaired) electrons. The second-order valence-corrected chi connectivity index (χ2v) is 13.2. The molecule has 2 N–H and O–H groups in total. The zero-order valence-corrected chi connectivity index (χ0v) is 25.9. The Balaban J connectivity index is 1.31. The molecule has 0 spiro atoms. The molecule has 2 atom stereocenters. The van der Waals surface area contributed by atoms with Gasteiger partial charge in [-0.2, -0.15) is 0 Å². The molecule has 1 saturated heterocycles. The summed E-state index contributed by atoms with van der Waals surface area (Å²) in [5.74, 6) is -2.44. The molecule has 5 rings (SSSR count). The Morgan fingerprint density at radius 3 is 2.33 bits per heavy atom. The maximum Gasteiger partial charge on any atom is 0.317 e. The number of nitrogens with one attached hydrogen (secondary N) is 2. The standard InChI is InChI=1S/C32H33ClN4O7S/c33-25-11-5-4-10-23(25)21-45(41,42)28(20-35-32(40)37-16-18-43-19-17-37)30(39)34-15-14-24(22-8-2-1-3-9-22)29(38)31-36-26-12-6-7-13-27(26)44-31/h1-13,24,28H,14-21H2,(H,34,39)(H,35,40). The second-order valence-electron chi connectivity index (χ2n) is 10.6. The molecule has 2 heterocycles. The lowest BCUT2D eigenvalue weighted by atomic mass is 9.91. The molecule has 0 saturated carbocycles. The van der Waals surface area contributed by atoms with Crippen LogP contribution in [0, 0.1) is 0 Å². The van der Waals surface area contributed by atoms with E-state index in [1.165, 1.54) is 4.90 Å². The summed E-state index contributed by atoms with van der Waals surface area (Å²) < 4.78 is 38.2. The van der Waals surface area contributed by atoms with Gasteiger partial charge in [0.2, 0.25) is 11.7 Å². The molecule has 1 aromatic heterocycles. The number of sulfone groups is 1. The normalized spacial score (nSPS) is 14.9. The number of ketones is 1. The minimum absolute atomic E-state index is 0.0279. The Bertz CT molecular complexity index is 1720. The number of nitrogens with zero attached hydrogens (tertiary/aromatic N) is 2. The molecule has 1 aliphatic heterocycles. The van der Waals surface area contributed by atoms with Crippen LogP contribution in [0.2, 0.25) is 5.02 Å². The van der Waals surface area contributed by atoms with Gasteiger partial charge in [0, 0.05) is 31.2 Å². The first-order valence-corrected chi connectivity index (χ1v) is 16.6. The Morgan fingerprint density at radius 2 is 1.60 bits per heavy atom. The summed E-state index contributed by atoms with van der Waals surface area (Å²) in [4.78, 5) is 45.7. The SMILES string of the molecule is O=C(c1nc2ccccc2o1)C(CCNC(=O)C(CNC(=O)N1CCOCC1)S(=O)(=O)Cc1ccccc1Cl)c1ccccc1. The van der Waals surface area contributed by atoms with Gasteiger partial charge in [-0.3, -0.25) is 9.59 Å². The van der Waals surface area contributed by atoms with Crippen LogP contribution in [-0.2, 0) is 25.1 Å². The number of halogens is 1. The molecular weight excluding hydrogens is 620 g/mol. The highest BCUT2D eigenvalue weighted by atomic mass is 35.5. The Kier molecular flexibility index (Phi) is 10.5. The van der Waals surface area contributed by atoms with Gasteiger partial charge in [0.1, 0.15) is 5.52 Å². The Morgan fingerprint density at radius 1 is 0.911 bits per heavy atom. The lowest BCUT2D eigenvalue weighted by Crippen LogP contribution is -2.52. The summed E-state index contributed by atoms with van der Waals surface area (Å²) in [6, 6.07) is 22.0. The van der Waals surface area contributed by atoms with E-state index in [9.17, 15) is 22.8 Å². The summed E-state index contributed by atoms with van der Waals surface area (Å²) in [6.45, 7) is 0.965. The van der Waals surface area contributed by atoms with Crippen molar-refractivity contribution < 1.29 is 32.0 Å². The predicted octanol–water partition coefficient (Wildman–Crippen LogP) is 3.98. The monoisotopic (exact) mass is 652 g/mol. The third kappa shape index (κ3) is 8.07. The molecule has 0 bridgehead atoms. The fraction of sp³-hybridized carbons (Fsp3) is 0.312. The fourth-order valence-electron chi connectivity index (χ4n) is 5.09. The maximum atomic E-state index is 13.6. The van der Waals surface area contributed by atoms with Crippen LogP contribution in [-0.4, -0.2) is 80.7 Å². The van der Waals surface area contributed by atoms with Gasteiger partial charge < -0.3 is 24.7 Å². The highest BCUT2D eigenvalue weighted by molar-refractivity contribution is 7.92. The number of ether oxygens (including phenoxy) is 1. The molecule has 0 aliphatic carbocycles. The van der Waals surface area contributed by atoms with Crippen LogP contribution in [0.5, 0.6) is 0 Å². The zero-order chi connectivity index (χ0) is 31.8. The van der Waals surface area contributed by atoms with Crippen molar-refractivity contribution in [2.24, 2.45) is 0 Å². The number of amides is 3. The molecule has 4 aromatic rings. The number of oxazole rings is 1. The van der Waals surface area contributed by atoms with Gasteiger partial charge in [-0.05, 0) is 35.7 Å². The van der Waals surface area contributed by atoms with Crippen LogP contribution in [0.1, 0.15) is 34.2 Å². The van der Waals surface area contributed by atoms with Crippen LogP contribution in [0.3, 0.4) is 0 Å². The second kappa shape index (κ2) is 14.7. The van der Waals surface area contributed by atoms with Crippen molar-refractivity contribution in [2.45, 2.75) is 23.3 Å². The minimum Gasteiger partial charge on any atom is -0.434 e. The molecule has 3 aromatic carbocycles. The summed E-state index contributed by atoms with van der Waals surface area (Å²) in [7, 11) is -4.15. The number of hydrogen-bond acceptors (Lipinski definition) is 8. The number of aromatic nitrogens is 1. The first-order valence-electron chi connectivity index (χ1n) is 14.5. The van der Waals surface area contributed by atoms with Crippen molar-refractivity contribution in [3.8, 4) is 0 Å². The molecule has 1 fully saturated rings. The van der Waals surface area contributed by atoms with Crippen LogP contribution in [0.25, 0.3) is 11.1 Å². The molecular formula is C32H33ClN4O7S. The van der Waals surface area contributed by atoms with Crippen molar-refractivity contribution in [1.82, 2.24) is 20.5 Å². The van der Waals surface area contributed by atoms with E-state index in [4.69, 9.17) is 20.8 Å². The van der Waals surface area contributed by atoms with E-state index in [1.54, 1.807) is 72.8 Å². The van der Waals surface area contributed by atoms with E-state index < -0.39 is 45.2 Å². The molecule has 236 valence electrons. The van der Waals surface area contributed by atoms with Crippen LogP contribution in [0.4, 0.5) is 4.79 Å². The average molecular weight is 653 g/mol. The summed E-state index contributed by atoms with van der Waals surface area (Å²) >= 11 is 6.23. The topological polar surface area (TPSA) is 148 Å². The van der Waals surface area contributed by atoms with E-state index >= 15 is 0 Å². The number of fused-ring (bicyclic) bond motifs is 1. The number of carbonyl (C=O) groups excluding carboxylic acids is 3. The minimum atomic E-state index is -4.15. The number of carbonyl (C=O) groups is 3. The number of Topliss-reactive ketones (excluding diaryl/α,β-unsaturated/α-hetero) is 1. The first kappa shape index (κ1) is 32.1. The quantitative estimate of drug-likeness (QED) is 0.219. The number of benzene rings is 3. The van der Waals surface area contributed by atoms with E-state index in [-0.39, 0.29) is 29.7 Å². The molecule has 3 amide bonds. The van der Waals surface area contributed by atoms with Gasteiger partial charge in [-0.1, -0.05) is 72.3 Å². The van der Waals surface area contributed by atoms with Gasteiger partial charge in [0.15, 0.2) is 20.7 Å². The largest absolute Gasteiger partial charge is 0.434 e. The molecule has 45 heavy (non-hydrogen) atoms. The van der Waals surface area contributed by atoms with Gasteiger partial charge in [-0.25, -0.2) is 18.2 Å². The third-order valence-corrected chi connectivity index (χ3v) is 9.86. The van der Waals surface area contributed by atoms with Crippen molar-refractivity contribution >= 4 is 50.3 Å². The van der Waals surface area contributed by atoms with Gasteiger partial charge >= 0.3 is 6.03 Å². The van der Waals surface area contributed by atoms with Gasteiger partial charge in [0.05, 0.1) is 24.9 Å². The number of morpholine rings is 1. The molecule has 13 heteroatoms. The Labute approximate surface area is 265 Å². The van der Waals surface area contributed by atoms with Crippen molar-refractivity contribution in [3.63, 3.8) is 0 Å². The van der Waals surface area contributed by atoms with Crippen LogP contribution >= 0.6 is 11.6 Å². The summed E-state index contributed by atoms with van der Waals surface area (Å²) in [6.07, 6.45) is 0.144. The average Bonchev–Trinajstić information content (AvgIpc) is 3.49. The fourth-order valence-corrected chi connectivity index (χ4v) is 7.00. The number of rotatable bonds is 12. The summed E-state index contributed by atoms with van der Waals surface area (Å²) in [5.41, 5.74) is 2.06. The highest BCUT2D eigenvalue weighted by Crippen LogP contribution is 2.26.